The van der Waals surface area contributed by atoms with Crippen molar-refractivity contribution in [2.75, 3.05) is 108 Å². The van der Waals surface area contributed by atoms with Crippen LogP contribution in [0.15, 0.2) is 48.5 Å². The normalized spacial score (nSPS) is 16.0. The molecule has 1 unspecified atom stereocenters. The molecule has 2 atom stereocenters. The molecule has 0 aliphatic carbocycles. The van der Waals surface area contributed by atoms with E-state index in [1.807, 2.05) is 70.2 Å². The number of ether oxygens (including phenoxy) is 3. The number of amides is 4. The first kappa shape index (κ1) is 65.5. The molecule has 4 amide bonds. The van der Waals surface area contributed by atoms with Crippen molar-refractivity contribution in [3.05, 3.63) is 76.7 Å². The standard InChI is InChI=1S/C47H69N7O6.C8H13NO2.C2H5NO.C2H6/c1-6-8-9-10-22-53(7-2)45-34-43(35(3)48-47(57)38-16-18-40(19-17-38)54-26-30-59-31-27-54)50-44(51-45)15-12-28-58-32-33-60-29-25-52-23-20-39(21-24-52)49-42-14-11-13-41(36(4)55)46(42)37(5)56;1-2-3-6-4-5-7(10)9-8(6)11;1-3-2-4;1-2/h11,13-14,16-19,34-35,39,49H,6-10,12,15,20-33H2,1-5H3,(H,48,57);6H,2-5H2,1H3,(H,9,10,11);2H,1H3,(H,3,4);1-2H3/t35-;;;/m1.../s1. The van der Waals surface area contributed by atoms with E-state index in [0.29, 0.717) is 62.4 Å². The van der Waals surface area contributed by atoms with Crippen molar-refractivity contribution in [3.8, 4) is 0 Å². The Morgan fingerprint density at radius 1 is 0.857 bits per heavy atom. The van der Waals surface area contributed by atoms with E-state index in [2.05, 4.69) is 49.8 Å². The largest absolute Gasteiger partial charge is 0.382 e. The van der Waals surface area contributed by atoms with E-state index in [-0.39, 0.29) is 47.3 Å². The van der Waals surface area contributed by atoms with Crippen molar-refractivity contribution >= 4 is 52.9 Å². The van der Waals surface area contributed by atoms with Gasteiger partial charge >= 0.3 is 0 Å². The molecule has 18 heteroatoms. The number of aromatic nitrogens is 2. The summed E-state index contributed by atoms with van der Waals surface area (Å²) < 4.78 is 17.3. The zero-order valence-corrected chi connectivity index (χ0v) is 48.0. The van der Waals surface area contributed by atoms with E-state index in [9.17, 15) is 24.0 Å². The molecule has 3 aromatic rings. The van der Waals surface area contributed by atoms with Gasteiger partial charge in [-0.05, 0) is 96.6 Å². The van der Waals surface area contributed by atoms with Crippen LogP contribution >= 0.6 is 0 Å². The first-order chi connectivity index (χ1) is 37.3. The van der Waals surface area contributed by atoms with Crippen LogP contribution in [-0.2, 0) is 35.0 Å². The van der Waals surface area contributed by atoms with Crippen LogP contribution in [-0.4, -0.2) is 149 Å². The highest BCUT2D eigenvalue weighted by Crippen LogP contribution is 2.26. The molecule has 6 rings (SSSR count). The Kier molecular flexibility index (Phi) is 32.2. The number of hydrogen-bond acceptors (Lipinski definition) is 15. The number of carbonyl (C=O) groups excluding carboxylic acids is 6. The zero-order valence-electron chi connectivity index (χ0n) is 48.0. The van der Waals surface area contributed by atoms with Gasteiger partial charge < -0.3 is 44.9 Å². The average Bonchev–Trinajstić information content (AvgIpc) is 3.45. The molecule has 77 heavy (non-hydrogen) atoms. The van der Waals surface area contributed by atoms with Crippen molar-refractivity contribution in [2.24, 2.45) is 5.92 Å². The molecule has 0 saturated carbocycles. The number of aryl methyl sites for hydroxylation is 1. The number of rotatable bonds is 28. The highest BCUT2D eigenvalue weighted by molar-refractivity contribution is 6.10. The lowest BCUT2D eigenvalue weighted by molar-refractivity contribution is -0.136. The minimum absolute atomic E-state index is 0.0805. The Balaban J connectivity index is 0.000000787. The summed E-state index contributed by atoms with van der Waals surface area (Å²) in [7, 11) is 1.56. The summed E-state index contributed by atoms with van der Waals surface area (Å²) >= 11 is 0. The van der Waals surface area contributed by atoms with Crippen molar-refractivity contribution < 1.29 is 43.0 Å². The number of benzene rings is 2. The summed E-state index contributed by atoms with van der Waals surface area (Å²) in [5, 5.41) is 11.3. The van der Waals surface area contributed by atoms with Crippen molar-refractivity contribution in [1.82, 2.24) is 30.8 Å². The van der Waals surface area contributed by atoms with E-state index in [1.165, 1.54) is 33.1 Å². The average molecular weight is 1070 g/mol. The van der Waals surface area contributed by atoms with Gasteiger partial charge in [0, 0.05) is 113 Å². The predicted molar refractivity (Wildman–Crippen MR) is 306 cm³/mol. The third-order valence-electron chi connectivity index (χ3n) is 13.5. The lowest BCUT2D eigenvalue weighted by Gasteiger charge is -2.33. The second-order valence-electron chi connectivity index (χ2n) is 19.3. The van der Waals surface area contributed by atoms with E-state index in [4.69, 9.17) is 29.0 Å². The summed E-state index contributed by atoms with van der Waals surface area (Å²) in [6.45, 7) is 25.4. The molecule has 4 heterocycles. The minimum atomic E-state index is -0.301. The SMILES string of the molecule is CC.CCCC1CCC(=O)NC1=O.CCCCCCN(CC)c1cc([C@@H](C)NC(=O)c2ccc(N3CCOCC3)cc2)nc(CCCOCCOCCN2CCC(Nc3cccc(C(C)=O)c3C(C)=O)CC2)n1.CNC=O. The van der Waals surface area contributed by atoms with Crippen molar-refractivity contribution in [2.45, 2.75) is 145 Å². The van der Waals surface area contributed by atoms with Crippen LogP contribution in [0.4, 0.5) is 17.2 Å². The van der Waals surface area contributed by atoms with Crippen LogP contribution in [0.3, 0.4) is 0 Å². The van der Waals surface area contributed by atoms with Crippen LogP contribution in [0, 0.1) is 5.92 Å². The first-order valence-electron chi connectivity index (χ1n) is 28.4. The maximum absolute atomic E-state index is 13.4. The molecule has 3 aliphatic heterocycles. The van der Waals surface area contributed by atoms with E-state index in [1.54, 1.807) is 13.1 Å². The number of unbranched alkanes of at least 4 members (excludes halogenated alkanes) is 3. The Labute approximate surface area is 459 Å². The third kappa shape index (κ3) is 23.8. The van der Waals surface area contributed by atoms with E-state index in [0.717, 1.165) is 133 Å². The summed E-state index contributed by atoms with van der Waals surface area (Å²) in [4.78, 5) is 85.6. The fourth-order valence-corrected chi connectivity index (χ4v) is 9.24. The molecule has 428 valence electrons. The monoisotopic (exact) mass is 1070 g/mol. The van der Waals surface area contributed by atoms with Crippen molar-refractivity contribution in [1.29, 1.82) is 0 Å². The van der Waals surface area contributed by atoms with Gasteiger partial charge in [-0.1, -0.05) is 65.5 Å². The fourth-order valence-electron chi connectivity index (χ4n) is 9.24. The molecule has 3 saturated heterocycles. The summed E-state index contributed by atoms with van der Waals surface area (Å²) in [5.41, 5.74) is 4.23. The van der Waals surface area contributed by atoms with Gasteiger partial charge in [0.05, 0.1) is 50.3 Å². The fraction of sp³-hybridized carbons (Fsp3) is 0.627. The number of morpholine rings is 1. The number of nitrogens with one attached hydrogen (secondary N) is 4. The molecule has 0 radical (unpaired) electrons. The highest BCUT2D eigenvalue weighted by atomic mass is 16.5. The molecule has 0 bridgehead atoms. The number of imide groups is 1. The van der Waals surface area contributed by atoms with Crippen molar-refractivity contribution in [3.63, 3.8) is 0 Å². The Bertz CT molecular complexity index is 2220. The number of carbonyl (C=O) groups is 6. The Morgan fingerprint density at radius 2 is 1.55 bits per heavy atom. The number of hydrogen-bond donors (Lipinski definition) is 4. The number of ketones is 2. The smallest absolute Gasteiger partial charge is 0.251 e. The topological polar surface area (TPSA) is 214 Å². The molecule has 0 spiro atoms. The lowest BCUT2D eigenvalue weighted by Crippen LogP contribution is -2.40. The van der Waals surface area contributed by atoms with Gasteiger partial charge in [0.1, 0.15) is 11.6 Å². The van der Waals surface area contributed by atoms with Crippen LogP contribution in [0.2, 0.25) is 0 Å². The second kappa shape index (κ2) is 37.9. The maximum atomic E-state index is 13.4. The number of anilines is 3. The Morgan fingerprint density at radius 3 is 2.16 bits per heavy atom. The highest BCUT2D eigenvalue weighted by Gasteiger charge is 2.26. The molecular weight excluding hydrogens is 979 g/mol. The van der Waals surface area contributed by atoms with Gasteiger partial charge in [-0.2, -0.15) is 0 Å². The summed E-state index contributed by atoms with van der Waals surface area (Å²) in [6, 6.07) is 15.2. The minimum Gasteiger partial charge on any atom is -0.382 e. The van der Waals surface area contributed by atoms with Gasteiger partial charge in [-0.25, -0.2) is 9.97 Å². The molecular formula is C59H93N9O9. The summed E-state index contributed by atoms with van der Waals surface area (Å²) in [6.07, 6.45) is 11.8. The van der Waals surface area contributed by atoms with E-state index >= 15 is 0 Å². The maximum Gasteiger partial charge on any atom is 0.251 e. The van der Waals surface area contributed by atoms with Crippen LogP contribution in [0.1, 0.15) is 175 Å². The Hall–Kier alpha value is -5.82. The van der Waals surface area contributed by atoms with Gasteiger partial charge in [-0.15, -0.1) is 0 Å². The van der Waals surface area contributed by atoms with Gasteiger partial charge in [-0.3, -0.25) is 34.1 Å². The van der Waals surface area contributed by atoms with Crippen LogP contribution < -0.4 is 31.1 Å². The van der Waals surface area contributed by atoms with Gasteiger partial charge in [0.2, 0.25) is 18.2 Å². The number of likely N-dealkylation sites (tertiary alicyclic amines) is 1. The number of Topliss-reactive ketones (excluding diaryl/α,β-unsaturated/α-hetero) is 2. The zero-order chi connectivity index (χ0) is 56.4. The van der Waals surface area contributed by atoms with E-state index < -0.39 is 0 Å². The summed E-state index contributed by atoms with van der Waals surface area (Å²) in [5.74, 6) is 1.21. The molecule has 1 aromatic heterocycles. The quantitative estimate of drug-likeness (QED) is 0.0233. The molecule has 3 fully saturated rings. The molecule has 4 N–H and O–H groups in total. The van der Waals surface area contributed by atoms with Crippen LogP contribution in [0.5, 0.6) is 0 Å². The van der Waals surface area contributed by atoms with Gasteiger partial charge in [0.25, 0.3) is 5.91 Å². The second-order valence-corrected chi connectivity index (χ2v) is 19.3. The van der Waals surface area contributed by atoms with Gasteiger partial charge in [0.15, 0.2) is 11.6 Å². The third-order valence-corrected chi connectivity index (χ3v) is 13.5. The first-order valence-corrected chi connectivity index (χ1v) is 28.4. The molecule has 18 nitrogen and oxygen atoms in total. The number of nitrogens with zero attached hydrogens (tertiary/aromatic N) is 5. The van der Waals surface area contributed by atoms with Crippen LogP contribution in [0.25, 0.3) is 0 Å². The number of piperidine rings is 2. The molecule has 2 aromatic carbocycles. The lowest BCUT2D eigenvalue weighted by atomic mass is 9.94. The molecule has 3 aliphatic rings. The predicted octanol–water partition coefficient (Wildman–Crippen LogP) is 8.39.